The summed E-state index contributed by atoms with van der Waals surface area (Å²) >= 11 is 0. The van der Waals surface area contributed by atoms with Crippen molar-refractivity contribution in [3.05, 3.63) is 29.8 Å². The Morgan fingerprint density at radius 1 is 1.30 bits per heavy atom. The van der Waals surface area contributed by atoms with Crippen LogP contribution < -0.4 is 4.90 Å². The number of carboxylic acid groups (broad SMARTS) is 1. The van der Waals surface area contributed by atoms with Gasteiger partial charge >= 0.3 is 5.97 Å². The monoisotopic (exact) mass is 276 g/mol. The molecule has 2 unspecified atom stereocenters. The van der Waals surface area contributed by atoms with Gasteiger partial charge in [0.25, 0.3) is 5.91 Å². The normalized spacial score (nSPS) is 21.9. The molecule has 1 amide bonds. The van der Waals surface area contributed by atoms with E-state index in [-0.39, 0.29) is 11.8 Å². The summed E-state index contributed by atoms with van der Waals surface area (Å²) in [4.78, 5) is 27.1. The number of hydrogen-bond donors (Lipinski definition) is 1. The first-order valence-corrected chi connectivity index (χ1v) is 6.69. The third-order valence-corrected chi connectivity index (χ3v) is 3.83. The maximum Gasteiger partial charge on any atom is 0.308 e. The van der Waals surface area contributed by atoms with Gasteiger partial charge in [0.15, 0.2) is 0 Å². The van der Waals surface area contributed by atoms with E-state index < -0.39 is 11.9 Å². The number of benzene rings is 1. The maximum atomic E-state index is 12.4. The molecule has 5 heteroatoms. The van der Waals surface area contributed by atoms with Gasteiger partial charge < -0.3 is 14.9 Å². The van der Waals surface area contributed by atoms with Gasteiger partial charge in [-0.25, -0.2) is 0 Å². The topological polar surface area (TPSA) is 60.9 Å². The average Bonchev–Trinajstić information content (AvgIpc) is 2.80. The second-order valence-corrected chi connectivity index (χ2v) is 5.58. The molecule has 1 heterocycles. The van der Waals surface area contributed by atoms with Gasteiger partial charge in [0.2, 0.25) is 0 Å². The summed E-state index contributed by atoms with van der Waals surface area (Å²) in [6, 6.07) is 7.38. The molecule has 0 aromatic heterocycles. The predicted molar refractivity (Wildman–Crippen MR) is 77.0 cm³/mol. The Balaban J connectivity index is 2.16. The molecule has 1 aromatic carbocycles. The average molecular weight is 276 g/mol. The van der Waals surface area contributed by atoms with Crippen molar-refractivity contribution in [1.29, 1.82) is 0 Å². The smallest absolute Gasteiger partial charge is 0.308 e. The third-order valence-electron chi connectivity index (χ3n) is 3.83. The van der Waals surface area contributed by atoms with Gasteiger partial charge in [-0.1, -0.05) is 13.0 Å². The highest BCUT2D eigenvalue weighted by Crippen LogP contribution is 2.25. The number of aliphatic carboxylic acids is 1. The minimum absolute atomic E-state index is 0.00604. The lowest BCUT2D eigenvalue weighted by Gasteiger charge is -2.18. The molecule has 1 aliphatic heterocycles. The van der Waals surface area contributed by atoms with Crippen LogP contribution in [-0.4, -0.2) is 49.1 Å². The number of carboxylic acids is 1. The van der Waals surface area contributed by atoms with Gasteiger partial charge in [0.1, 0.15) is 0 Å². The molecular weight excluding hydrogens is 256 g/mol. The number of nitrogens with zero attached hydrogens (tertiary/aromatic N) is 2. The zero-order chi connectivity index (χ0) is 14.9. The number of likely N-dealkylation sites (tertiary alicyclic amines) is 1. The first-order chi connectivity index (χ1) is 9.40. The Labute approximate surface area is 118 Å². The van der Waals surface area contributed by atoms with E-state index in [1.165, 1.54) is 0 Å². The van der Waals surface area contributed by atoms with Crippen molar-refractivity contribution in [1.82, 2.24) is 4.90 Å². The summed E-state index contributed by atoms with van der Waals surface area (Å²) in [5, 5.41) is 9.13. The van der Waals surface area contributed by atoms with Crippen LogP contribution in [0.15, 0.2) is 24.3 Å². The SMILES string of the molecule is CC1CN(C(=O)c2cccc(N(C)C)c2)CC1C(=O)O. The van der Waals surface area contributed by atoms with E-state index in [1.54, 1.807) is 11.0 Å². The number of rotatable bonds is 3. The summed E-state index contributed by atoms with van der Waals surface area (Å²) in [7, 11) is 3.84. The third kappa shape index (κ3) is 2.76. The van der Waals surface area contributed by atoms with Crippen LogP contribution in [0.5, 0.6) is 0 Å². The molecule has 20 heavy (non-hydrogen) atoms. The van der Waals surface area contributed by atoms with E-state index in [4.69, 9.17) is 5.11 Å². The van der Waals surface area contributed by atoms with E-state index in [0.717, 1.165) is 5.69 Å². The molecule has 108 valence electrons. The molecule has 0 bridgehead atoms. The van der Waals surface area contributed by atoms with Crippen molar-refractivity contribution in [2.24, 2.45) is 11.8 Å². The summed E-state index contributed by atoms with van der Waals surface area (Å²) in [6.45, 7) is 2.67. The number of anilines is 1. The Bertz CT molecular complexity index is 528. The van der Waals surface area contributed by atoms with Crippen LogP contribution in [0.1, 0.15) is 17.3 Å². The Kier molecular flexibility index (Phi) is 3.97. The highest BCUT2D eigenvalue weighted by atomic mass is 16.4. The number of hydrogen-bond acceptors (Lipinski definition) is 3. The highest BCUT2D eigenvalue weighted by Gasteiger charge is 2.37. The lowest BCUT2D eigenvalue weighted by Crippen LogP contribution is -2.30. The summed E-state index contributed by atoms with van der Waals surface area (Å²) in [6.07, 6.45) is 0. The molecule has 0 saturated carbocycles. The minimum Gasteiger partial charge on any atom is -0.481 e. The van der Waals surface area contributed by atoms with Crippen molar-refractivity contribution >= 4 is 17.6 Å². The molecule has 1 aliphatic rings. The Morgan fingerprint density at radius 3 is 2.55 bits per heavy atom. The molecule has 5 nitrogen and oxygen atoms in total. The van der Waals surface area contributed by atoms with Crippen molar-refractivity contribution in [3.63, 3.8) is 0 Å². The van der Waals surface area contributed by atoms with Crippen LogP contribution in [0.4, 0.5) is 5.69 Å². The Morgan fingerprint density at radius 2 is 2.00 bits per heavy atom. The predicted octanol–water partition coefficient (Wildman–Crippen LogP) is 1.55. The van der Waals surface area contributed by atoms with Crippen LogP contribution in [0.25, 0.3) is 0 Å². The van der Waals surface area contributed by atoms with Crippen LogP contribution in [-0.2, 0) is 4.79 Å². The molecule has 1 saturated heterocycles. The fraction of sp³-hybridized carbons (Fsp3) is 0.467. The highest BCUT2D eigenvalue weighted by molar-refractivity contribution is 5.95. The van der Waals surface area contributed by atoms with Crippen LogP contribution in [0.3, 0.4) is 0 Å². The zero-order valence-corrected chi connectivity index (χ0v) is 12.0. The first kappa shape index (κ1) is 14.4. The van der Waals surface area contributed by atoms with E-state index in [9.17, 15) is 9.59 Å². The molecular formula is C15H20N2O3. The van der Waals surface area contributed by atoms with Gasteiger partial charge in [-0.2, -0.15) is 0 Å². The largest absolute Gasteiger partial charge is 0.481 e. The molecule has 0 spiro atoms. The van der Waals surface area contributed by atoms with Gasteiger partial charge in [-0.05, 0) is 24.1 Å². The van der Waals surface area contributed by atoms with Crippen LogP contribution >= 0.6 is 0 Å². The molecule has 1 aromatic rings. The van der Waals surface area contributed by atoms with Gasteiger partial charge in [-0.15, -0.1) is 0 Å². The van der Waals surface area contributed by atoms with Crippen LogP contribution in [0.2, 0.25) is 0 Å². The van der Waals surface area contributed by atoms with Crippen molar-refractivity contribution in [2.45, 2.75) is 6.92 Å². The lowest BCUT2D eigenvalue weighted by atomic mass is 9.99. The van der Waals surface area contributed by atoms with Gasteiger partial charge in [0, 0.05) is 38.4 Å². The van der Waals surface area contributed by atoms with Gasteiger partial charge in [-0.3, -0.25) is 9.59 Å². The van der Waals surface area contributed by atoms with Gasteiger partial charge in [0.05, 0.1) is 5.92 Å². The molecule has 1 N–H and O–H groups in total. The molecule has 2 rings (SSSR count). The van der Waals surface area contributed by atoms with E-state index in [0.29, 0.717) is 18.7 Å². The summed E-state index contributed by atoms with van der Waals surface area (Å²) in [5.74, 6) is -1.39. The number of carbonyl (C=O) groups is 2. The van der Waals surface area contributed by atoms with Crippen LogP contribution in [0, 0.1) is 11.8 Å². The lowest BCUT2D eigenvalue weighted by molar-refractivity contribution is -0.142. The fourth-order valence-electron chi connectivity index (χ4n) is 2.55. The van der Waals surface area contributed by atoms with E-state index in [2.05, 4.69) is 0 Å². The minimum atomic E-state index is -0.824. The first-order valence-electron chi connectivity index (χ1n) is 6.69. The number of carbonyl (C=O) groups excluding carboxylic acids is 1. The quantitative estimate of drug-likeness (QED) is 0.910. The molecule has 2 atom stereocenters. The molecule has 0 radical (unpaired) electrons. The number of amides is 1. The standard InChI is InChI=1S/C15H20N2O3/c1-10-8-17(9-13(10)15(19)20)14(18)11-5-4-6-12(7-11)16(2)3/h4-7,10,13H,8-9H2,1-3H3,(H,19,20). The van der Waals surface area contributed by atoms with E-state index in [1.807, 2.05) is 44.1 Å². The second kappa shape index (κ2) is 5.53. The van der Waals surface area contributed by atoms with Crippen molar-refractivity contribution in [3.8, 4) is 0 Å². The van der Waals surface area contributed by atoms with Crippen molar-refractivity contribution < 1.29 is 14.7 Å². The fourth-order valence-corrected chi connectivity index (χ4v) is 2.55. The summed E-state index contributed by atoms with van der Waals surface area (Å²) in [5.41, 5.74) is 1.56. The zero-order valence-electron chi connectivity index (χ0n) is 12.0. The molecule has 0 aliphatic carbocycles. The summed E-state index contributed by atoms with van der Waals surface area (Å²) < 4.78 is 0. The Hall–Kier alpha value is -2.04. The maximum absolute atomic E-state index is 12.4. The molecule has 1 fully saturated rings. The van der Waals surface area contributed by atoms with E-state index >= 15 is 0 Å². The second-order valence-electron chi connectivity index (χ2n) is 5.58. The van der Waals surface area contributed by atoms with Crippen molar-refractivity contribution in [2.75, 3.05) is 32.1 Å².